The number of alkyl halides is 2. The van der Waals surface area contributed by atoms with Crippen molar-refractivity contribution >= 4 is 5.97 Å². The number of hydrogen-bond donors (Lipinski definition) is 1. The van der Waals surface area contributed by atoms with Crippen LogP contribution in [0.15, 0.2) is 42.7 Å². The van der Waals surface area contributed by atoms with E-state index >= 15 is 0 Å². The van der Waals surface area contributed by atoms with Crippen LogP contribution in [0, 0.1) is 12.8 Å². The molecular formula is C25H35BrF2N2O3. The lowest BCUT2D eigenvalue weighted by Gasteiger charge is -2.32. The molecule has 0 aliphatic heterocycles. The summed E-state index contributed by atoms with van der Waals surface area (Å²) in [6.07, 6.45) is 6.01. The number of carbonyl (C=O) groups is 1. The molecule has 2 atom stereocenters. The summed E-state index contributed by atoms with van der Waals surface area (Å²) >= 11 is 0. The molecule has 1 aliphatic rings. The number of aryl methyl sites for hydroxylation is 1. The van der Waals surface area contributed by atoms with Gasteiger partial charge in [0.05, 0.1) is 13.2 Å². The number of rotatable bonds is 10. The maximum absolute atomic E-state index is 13.9. The first-order valence-electron chi connectivity index (χ1n) is 11.6. The van der Waals surface area contributed by atoms with Gasteiger partial charge >= 0.3 is 5.97 Å². The lowest BCUT2D eigenvalue weighted by Crippen LogP contribution is -3.00. The van der Waals surface area contributed by atoms with Crippen LogP contribution in [0.4, 0.5) is 8.78 Å². The first-order chi connectivity index (χ1) is 15.2. The van der Waals surface area contributed by atoms with Crippen molar-refractivity contribution in [3.8, 4) is 0 Å². The van der Waals surface area contributed by atoms with E-state index in [1.165, 1.54) is 0 Å². The summed E-state index contributed by atoms with van der Waals surface area (Å²) in [4.78, 5) is 13.0. The van der Waals surface area contributed by atoms with Gasteiger partial charge in [-0.2, -0.15) is 0 Å². The molecule has 0 saturated heterocycles. The summed E-state index contributed by atoms with van der Waals surface area (Å²) in [5.41, 5.74) is -1.76. The summed E-state index contributed by atoms with van der Waals surface area (Å²) in [6.45, 7) is 7.19. The van der Waals surface area contributed by atoms with E-state index in [4.69, 9.17) is 4.74 Å². The highest BCUT2D eigenvalue weighted by Gasteiger charge is 2.54. The number of halogens is 3. The van der Waals surface area contributed by atoms with E-state index in [-0.39, 0.29) is 36.4 Å². The van der Waals surface area contributed by atoms with Crippen molar-refractivity contribution in [3.63, 3.8) is 0 Å². The Morgan fingerprint density at radius 2 is 1.97 bits per heavy atom. The number of aliphatic hydroxyl groups is 1. The van der Waals surface area contributed by atoms with Crippen LogP contribution in [-0.4, -0.2) is 28.2 Å². The fourth-order valence-corrected chi connectivity index (χ4v) is 4.85. The second kappa shape index (κ2) is 11.6. The Kier molecular flexibility index (Phi) is 9.61. The van der Waals surface area contributed by atoms with E-state index in [9.17, 15) is 18.7 Å². The van der Waals surface area contributed by atoms with Crippen LogP contribution in [0.2, 0.25) is 0 Å². The molecule has 0 bridgehead atoms. The van der Waals surface area contributed by atoms with Gasteiger partial charge in [0.25, 0.3) is 5.82 Å². The predicted octanol–water partition coefficient (Wildman–Crippen LogP) is 1.71. The number of aromatic nitrogens is 2. The topological polar surface area (TPSA) is 55.3 Å². The van der Waals surface area contributed by atoms with Gasteiger partial charge in [0.1, 0.15) is 18.4 Å². The molecule has 1 N–H and O–H groups in total. The van der Waals surface area contributed by atoms with Crippen LogP contribution in [0.1, 0.15) is 69.8 Å². The van der Waals surface area contributed by atoms with Crippen LogP contribution < -0.4 is 21.5 Å². The van der Waals surface area contributed by atoms with Gasteiger partial charge in [-0.05, 0) is 24.8 Å². The minimum absolute atomic E-state index is 0. The quantitative estimate of drug-likeness (QED) is 0.290. The number of nitrogens with zero attached hydrogens (tertiary/aromatic N) is 2. The maximum Gasteiger partial charge on any atom is 0.343 e. The number of carbonyl (C=O) groups excluding carboxylic acids is 1. The molecule has 33 heavy (non-hydrogen) atoms. The molecule has 0 amide bonds. The third kappa shape index (κ3) is 6.01. The van der Waals surface area contributed by atoms with Gasteiger partial charge in [0, 0.05) is 32.1 Å². The lowest BCUT2D eigenvalue weighted by atomic mass is 9.80. The molecule has 1 fully saturated rings. The van der Waals surface area contributed by atoms with Crippen molar-refractivity contribution in [1.82, 2.24) is 4.57 Å². The van der Waals surface area contributed by atoms with Gasteiger partial charge in [0.2, 0.25) is 5.92 Å². The van der Waals surface area contributed by atoms with E-state index in [1.807, 2.05) is 6.20 Å². The average Bonchev–Trinajstić information content (AvgIpc) is 3.34. The Morgan fingerprint density at radius 1 is 1.30 bits per heavy atom. The molecular weight excluding hydrogens is 494 g/mol. The van der Waals surface area contributed by atoms with Gasteiger partial charge in [-0.1, -0.05) is 44.2 Å². The smallest absolute Gasteiger partial charge is 0.343 e. The fourth-order valence-electron chi connectivity index (χ4n) is 4.85. The van der Waals surface area contributed by atoms with Crippen molar-refractivity contribution in [2.75, 3.05) is 6.61 Å². The molecule has 1 saturated carbocycles. The van der Waals surface area contributed by atoms with Crippen LogP contribution >= 0.6 is 0 Å². The second-order valence-electron chi connectivity index (χ2n) is 8.83. The molecule has 0 unspecified atom stereocenters. The summed E-state index contributed by atoms with van der Waals surface area (Å²) in [5, 5.41) is 11.3. The molecule has 8 heteroatoms. The molecule has 1 aromatic heterocycles. The molecule has 1 aliphatic carbocycles. The predicted molar refractivity (Wildman–Crippen MR) is 117 cm³/mol. The van der Waals surface area contributed by atoms with Gasteiger partial charge in [-0.15, -0.1) is 0 Å². The molecule has 184 valence electrons. The van der Waals surface area contributed by atoms with E-state index in [0.29, 0.717) is 24.6 Å². The largest absolute Gasteiger partial charge is 1.00 e. The monoisotopic (exact) mass is 528 g/mol. The molecule has 0 radical (unpaired) electrons. The number of imidazole rings is 1. The van der Waals surface area contributed by atoms with Crippen LogP contribution in [0.3, 0.4) is 0 Å². The SMILES string of the molecule is CCC(CC)n1cc[n+](CCCOC(=O)[C@](O)(c2ccccc2)[C@H]2CCC(F)(F)C2)c1C.[Br-]. The van der Waals surface area contributed by atoms with Gasteiger partial charge < -0.3 is 26.8 Å². The van der Waals surface area contributed by atoms with Crippen LogP contribution in [-0.2, 0) is 21.7 Å². The van der Waals surface area contributed by atoms with Crippen LogP contribution in [0.25, 0.3) is 0 Å². The van der Waals surface area contributed by atoms with Crippen LogP contribution in [0.5, 0.6) is 0 Å². The normalized spacial score (nSPS) is 19.2. The minimum Gasteiger partial charge on any atom is -1.00 e. The maximum atomic E-state index is 13.9. The van der Waals surface area contributed by atoms with Gasteiger partial charge in [-0.3, -0.25) is 0 Å². The highest BCUT2D eigenvalue weighted by molar-refractivity contribution is 5.81. The number of benzene rings is 1. The van der Waals surface area contributed by atoms with Crippen molar-refractivity contribution in [2.45, 2.75) is 83.4 Å². The zero-order valence-electron chi connectivity index (χ0n) is 19.6. The molecule has 5 nitrogen and oxygen atoms in total. The summed E-state index contributed by atoms with van der Waals surface area (Å²) in [6, 6.07) is 8.77. The standard InChI is InChI=1S/C25H35F2N2O3.BrH/c1-4-22(5-2)29-16-15-28(19(29)3)14-9-17-32-23(30)25(31,20-10-7-6-8-11-20)21-12-13-24(26,27)18-21;/h6-8,10-11,15-16,21-22,31H,4-5,9,12-14,17-18H2,1-3H3;1H/q+1;/p-1/t21-,25-;/m0./s1. The fraction of sp³-hybridized carbons (Fsp3) is 0.600. The highest BCUT2D eigenvalue weighted by atomic mass is 79.9. The molecule has 2 aromatic rings. The highest BCUT2D eigenvalue weighted by Crippen LogP contribution is 2.47. The zero-order chi connectivity index (χ0) is 23.4. The number of hydrogen-bond acceptors (Lipinski definition) is 3. The van der Waals surface area contributed by atoms with Crippen molar-refractivity contribution in [3.05, 3.63) is 54.1 Å². The summed E-state index contributed by atoms with van der Waals surface area (Å²) < 4.78 is 37.6. The second-order valence-corrected chi connectivity index (χ2v) is 8.83. The third-order valence-electron chi connectivity index (χ3n) is 6.83. The van der Waals surface area contributed by atoms with Gasteiger partial charge in [0.15, 0.2) is 5.60 Å². The zero-order valence-corrected chi connectivity index (χ0v) is 21.2. The Balaban J connectivity index is 0.00000385. The summed E-state index contributed by atoms with van der Waals surface area (Å²) in [7, 11) is 0. The van der Waals surface area contributed by atoms with Crippen molar-refractivity contribution in [2.24, 2.45) is 5.92 Å². The molecule has 0 spiro atoms. The first kappa shape index (κ1) is 27.4. The average molecular weight is 529 g/mol. The Morgan fingerprint density at radius 3 is 2.55 bits per heavy atom. The summed E-state index contributed by atoms with van der Waals surface area (Å²) in [5.74, 6) is -3.45. The molecule has 1 aromatic carbocycles. The first-order valence-corrected chi connectivity index (χ1v) is 11.6. The van der Waals surface area contributed by atoms with E-state index in [0.717, 1.165) is 18.7 Å². The molecule has 3 rings (SSSR count). The number of ether oxygens (including phenoxy) is 1. The molecule has 1 heterocycles. The van der Waals surface area contributed by atoms with Crippen molar-refractivity contribution < 1.29 is 45.0 Å². The Labute approximate surface area is 205 Å². The minimum atomic E-state index is -2.87. The lowest BCUT2D eigenvalue weighted by molar-refractivity contribution is -0.703. The van der Waals surface area contributed by atoms with E-state index < -0.39 is 29.8 Å². The van der Waals surface area contributed by atoms with Gasteiger partial charge in [-0.25, -0.2) is 22.7 Å². The number of esters is 1. The third-order valence-corrected chi connectivity index (χ3v) is 6.83. The van der Waals surface area contributed by atoms with Crippen molar-refractivity contribution in [1.29, 1.82) is 0 Å². The van der Waals surface area contributed by atoms with E-state index in [1.54, 1.807) is 30.3 Å². The van der Waals surface area contributed by atoms with E-state index in [2.05, 4.69) is 36.1 Å². The Hall–Kier alpha value is -1.80. The Bertz CT molecular complexity index is 902.